The number of amides is 2. The third kappa shape index (κ3) is 5.17. The Morgan fingerprint density at radius 2 is 1.77 bits per heavy atom. The molecule has 0 spiro atoms. The molecule has 2 aromatic rings. The normalized spacial score (nSPS) is 10.1. The van der Waals surface area contributed by atoms with E-state index in [1.54, 1.807) is 18.2 Å². The van der Waals surface area contributed by atoms with Crippen LogP contribution in [-0.4, -0.2) is 24.4 Å². The minimum atomic E-state index is -0.632. The summed E-state index contributed by atoms with van der Waals surface area (Å²) in [6.45, 7) is 4.91. The summed E-state index contributed by atoms with van der Waals surface area (Å²) in [5, 5.41) is 5.39. The summed E-state index contributed by atoms with van der Waals surface area (Å²) in [6.07, 6.45) is 0.785. The summed E-state index contributed by atoms with van der Waals surface area (Å²) in [4.78, 5) is 35.3. The first-order chi connectivity index (χ1) is 12.4. The molecule has 0 unspecified atom stereocenters. The van der Waals surface area contributed by atoms with Crippen LogP contribution in [0.2, 0.25) is 0 Å². The molecule has 0 aliphatic carbocycles. The van der Waals surface area contributed by atoms with Gasteiger partial charge in [0.15, 0.2) is 6.61 Å². The van der Waals surface area contributed by atoms with Crippen LogP contribution in [0.25, 0.3) is 0 Å². The number of benzene rings is 2. The zero-order chi connectivity index (χ0) is 19.1. The Kier molecular flexibility index (Phi) is 6.49. The van der Waals surface area contributed by atoms with Gasteiger partial charge < -0.3 is 15.4 Å². The molecule has 0 aliphatic heterocycles. The van der Waals surface area contributed by atoms with Gasteiger partial charge in [-0.3, -0.25) is 9.59 Å². The van der Waals surface area contributed by atoms with E-state index in [0.29, 0.717) is 5.69 Å². The fourth-order valence-corrected chi connectivity index (χ4v) is 2.52. The van der Waals surface area contributed by atoms with Gasteiger partial charge in [0.05, 0.1) is 5.56 Å². The van der Waals surface area contributed by atoms with Gasteiger partial charge in [-0.2, -0.15) is 0 Å². The van der Waals surface area contributed by atoms with Crippen LogP contribution in [0.3, 0.4) is 0 Å². The molecule has 6 nitrogen and oxygen atoms in total. The van der Waals surface area contributed by atoms with Gasteiger partial charge in [0.25, 0.3) is 5.91 Å². The number of carbonyl (C=O) groups excluding carboxylic acids is 3. The zero-order valence-electron chi connectivity index (χ0n) is 15.1. The van der Waals surface area contributed by atoms with Crippen LogP contribution in [0.1, 0.15) is 35.3 Å². The van der Waals surface area contributed by atoms with Gasteiger partial charge in [-0.1, -0.05) is 31.2 Å². The molecule has 6 heteroatoms. The van der Waals surface area contributed by atoms with Gasteiger partial charge in [-0.25, -0.2) is 4.79 Å². The van der Waals surface area contributed by atoms with E-state index in [1.165, 1.54) is 13.0 Å². The lowest BCUT2D eigenvalue weighted by Crippen LogP contribution is -2.22. The largest absolute Gasteiger partial charge is 0.452 e. The van der Waals surface area contributed by atoms with Crippen LogP contribution >= 0.6 is 0 Å². The molecule has 136 valence electrons. The van der Waals surface area contributed by atoms with Gasteiger partial charge in [0.1, 0.15) is 0 Å². The standard InChI is InChI=1S/C20H22N2O4/c1-4-15-8-5-7-13(2)19(15)22-18(24)12-26-20(25)16-9-6-10-17(11-16)21-14(3)23/h5-11H,4,12H2,1-3H3,(H,21,23)(H,22,24). The fourth-order valence-electron chi connectivity index (χ4n) is 2.52. The van der Waals surface area contributed by atoms with Gasteiger partial charge in [-0.05, 0) is 42.7 Å². The van der Waals surface area contributed by atoms with Gasteiger partial charge >= 0.3 is 5.97 Å². The number of rotatable bonds is 6. The Balaban J connectivity index is 1.97. The first kappa shape index (κ1) is 19.2. The van der Waals surface area contributed by atoms with E-state index in [4.69, 9.17) is 4.74 Å². The maximum atomic E-state index is 12.1. The Labute approximate surface area is 152 Å². The van der Waals surface area contributed by atoms with Crippen LogP contribution in [-0.2, 0) is 20.7 Å². The number of para-hydroxylation sites is 1. The number of hydrogen-bond acceptors (Lipinski definition) is 4. The second-order valence-electron chi connectivity index (χ2n) is 5.85. The van der Waals surface area contributed by atoms with Crippen LogP contribution < -0.4 is 10.6 Å². The van der Waals surface area contributed by atoms with E-state index in [0.717, 1.165) is 23.2 Å². The molecular weight excluding hydrogens is 332 g/mol. The molecule has 26 heavy (non-hydrogen) atoms. The summed E-state index contributed by atoms with van der Waals surface area (Å²) < 4.78 is 5.07. The molecule has 0 saturated carbocycles. The quantitative estimate of drug-likeness (QED) is 0.780. The van der Waals surface area contributed by atoms with E-state index in [2.05, 4.69) is 10.6 Å². The van der Waals surface area contributed by atoms with Crippen molar-refractivity contribution in [3.8, 4) is 0 Å². The van der Waals surface area contributed by atoms with Crippen LogP contribution in [0, 0.1) is 6.92 Å². The Bertz CT molecular complexity index is 830. The summed E-state index contributed by atoms with van der Waals surface area (Å²) in [5.41, 5.74) is 3.47. The van der Waals surface area contributed by atoms with Crippen molar-refractivity contribution in [3.05, 3.63) is 59.2 Å². The average Bonchev–Trinajstić information content (AvgIpc) is 2.61. The first-order valence-corrected chi connectivity index (χ1v) is 8.33. The van der Waals surface area contributed by atoms with E-state index < -0.39 is 11.9 Å². The van der Waals surface area contributed by atoms with E-state index in [9.17, 15) is 14.4 Å². The topological polar surface area (TPSA) is 84.5 Å². The van der Waals surface area contributed by atoms with Crippen LogP contribution in [0.4, 0.5) is 11.4 Å². The highest BCUT2D eigenvalue weighted by molar-refractivity contribution is 5.97. The Morgan fingerprint density at radius 1 is 1.04 bits per heavy atom. The molecular formula is C20H22N2O4. The minimum Gasteiger partial charge on any atom is -0.452 e. The minimum absolute atomic E-state index is 0.236. The molecule has 0 heterocycles. The van der Waals surface area contributed by atoms with Gasteiger partial charge in [0.2, 0.25) is 5.91 Å². The molecule has 0 atom stereocenters. The van der Waals surface area contributed by atoms with Crippen molar-refractivity contribution in [2.45, 2.75) is 27.2 Å². The van der Waals surface area contributed by atoms with Crippen molar-refractivity contribution in [1.82, 2.24) is 0 Å². The van der Waals surface area contributed by atoms with Crippen molar-refractivity contribution in [1.29, 1.82) is 0 Å². The lowest BCUT2D eigenvalue weighted by atomic mass is 10.1. The monoisotopic (exact) mass is 354 g/mol. The van der Waals surface area contributed by atoms with Crippen molar-refractivity contribution in [3.63, 3.8) is 0 Å². The van der Waals surface area contributed by atoms with Crippen LogP contribution in [0.15, 0.2) is 42.5 Å². The number of esters is 1. The molecule has 0 aliphatic rings. The third-order valence-electron chi connectivity index (χ3n) is 3.76. The summed E-state index contributed by atoms with van der Waals surface area (Å²) in [5.74, 6) is -1.27. The smallest absolute Gasteiger partial charge is 0.338 e. The van der Waals surface area contributed by atoms with Crippen molar-refractivity contribution >= 4 is 29.2 Å². The number of hydrogen-bond donors (Lipinski definition) is 2. The fraction of sp³-hybridized carbons (Fsp3) is 0.250. The highest BCUT2D eigenvalue weighted by atomic mass is 16.5. The number of ether oxygens (including phenoxy) is 1. The highest BCUT2D eigenvalue weighted by Crippen LogP contribution is 2.21. The highest BCUT2D eigenvalue weighted by Gasteiger charge is 2.13. The molecule has 2 amide bonds. The molecule has 2 N–H and O–H groups in total. The number of nitrogens with one attached hydrogen (secondary N) is 2. The zero-order valence-corrected chi connectivity index (χ0v) is 15.1. The number of anilines is 2. The maximum absolute atomic E-state index is 12.1. The molecule has 0 aromatic heterocycles. The number of aryl methyl sites for hydroxylation is 2. The Morgan fingerprint density at radius 3 is 2.46 bits per heavy atom. The number of carbonyl (C=O) groups is 3. The summed E-state index contributed by atoms with van der Waals surface area (Å²) in [7, 11) is 0. The van der Waals surface area contributed by atoms with Crippen LogP contribution in [0.5, 0.6) is 0 Å². The molecule has 0 radical (unpaired) electrons. The first-order valence-electron chi connectivity index (χ1n) is 8.33. The second-order valence-corrected chi connectivity index (χ2v) is 5.85. The SMILES string of the molecule is CCc1cccc(C)c1NC(=O)COC(=O)c1cccc(NC(C)=O)c1. The Hall–Kier alpha value is -3.15. The van der Waals surface area contributed by atoms with Crippen molar-refractivity contribution in [2.75, 3.05) is 17.2 Å². The van der Waals surface area contributed by atoms with E-state index >= 15 is 0 Å². The van der Waals surface area contributed by atoms with Crippen molar-refractivity contribution in [2.24, 2.45) is 0 Å². The lowest BCUT2D eigenvalue weighted by molar-refractivity contribution is -0.119. The van der Waals surface area contributed by atoms with E-state index in [-0.39, 0.29) is 18.1 Å². The van der Waals surface area contributed by atoms with Crippen molar-refractivity contribution < 1.29 is 19.1 Å². The van der Waals surface area contributed by atoms with Gasteiger partial charge in [-0.15, -0.1) is 0 Å². The molecule has 0 saturated heterocycles. The molecule has 0 fully saturated rings. The summed E-state index contributed by atoms with van der Waals surface area (Å²) >= 11 is 0. The maximum Gasteiger partial charge on any atom is 0.338 e. The summed E-state index contributed by atoms with van der Waals surface area (Å²) in [6, 6.07) is 12.1. The predicted molar refractivity (Wildman–Crippen MR) is 100 cm³/mol. The molecule has 0 bridgehead atoms. The molecule has 2 rings (SSSR count). The second kappa shape index (κ2) is 8.80. The van der Waals surface area contributed by atoms with E-state index in [1.807, 2.05) is 32.0 Å². The average molecular weight is 354 g/mol. The molecule has 2 aromatic carbocycles. The lowest BCUT2D eigenvalue weighted by Gasteiger charge is -2.13. The third-order valence-corrected chi connectivity index (χ3v) is 3.76. The predicted octanol–water partition coefficient (Wildman–Crippen LogP) is 3.31. The van der Waals surface area contributed by atoms with Gasteiger partial charge in [0, 0.05) is 18.3 Å².